The molecule has 1 aliphatic heterocycles. The van der Waals surface area contributed by atoms with E-state index in [-0.39, 0.29) is 11.4 Å². The fourth-order valence-corrected chi connectivity index (χ4v) is 5.14. The minimum absolute atomic E-state index is 0.0612. The number of aryl methyl sites for hydroxylation is 1. The molecule has 1 atom stereocenters. The Morgan fingerprint density at radius 3 is 2.57 bits per heavy atom. The van der Waals surface area contributed by atoms with E-state index in [9.17, 15) is 14.3 Å². The smallest absolute Gasteiger partial charge is 0.332 e. The van der Waals surface area contributed by atoms with Gasteiger partial charge in [-0.15, -0.1) is 0 Å². The number of hydrogen-bond acceptors (Lipinski definition) is 5. The standard InChI is InChI=1S/C28H27ClFN5O2/c1-31-16-18-4-3-9-34(17-18)26-13-20(7-8-32-26)23-15-21(30)14-22(27(23)36)19-5-6-25(24(29)12-19)35-11-10-33(2)28(35)37/h5-8,10-16,18,36H,3-4,9,17H2,1-2H3. The number of anilines is 1. The van der Waals surface area contributed by atoms with Gasteiger partial charge in [-0.1, -0.05) is 17.7 Å². The van der Waals surface area contributed by atoms with Crippen molar-refractivity contribution in [2.75, 3.05) is 25.0 Å². The number of phenols is 1. The first-order chi connectivity index (χ1) is 17.9. The fourth-order valence-electron chi connectivity index (χ4n) is 4.87. The average molecular weight is 520 g/mol. The number of aromatic hydroxyl groups is 1. The molecule has 9 heteroatoms. The predicted molar refractivity (Wildman–Crippen MR) is 146 cm³/mol. The molecule has 190 valence electrons. The van der Waals surface area contributed by atoms with E-state index in [0.29, 0.717) is 38.9 Å². The molecule has 1 fully saturated rings. The van der Waals surface area contributed by atoms with Gasteiger partial charge in [0, 0.05) is 69.0 Å². The van der Waals surface area contributed by atoms with Gasteiger partial charge in [-0.2, -0.15) is 0 Å². The van der Waals surface area contributed by atoms with Gasteiger partial charge in [-0.3, -0.25) is 4.57 Å². The maximum atomic E-state index is 14.8. The molecule has 0 radical (unpaired) electrons. The number of imidazole rings is 1. The number of aliphatic imine (C=N–C) groups is 1. The largest absolute Gasteiger partial charge is 0.507 e. The summed E-state index contributed by atoms with van der Waals surface area (Å²) in [5.41, 5.74) is 2.12. The summed E-state index contributed by atoms with van der Waals surface area (Å²) >= 11 is 6.52. The number of aromatic nitrogens is 3. The second kappa shape index (κ2) is 10.2. The van der Waals surface area contributed by atoms with Crippen LogP contribution >= 0.6 is 11.6 Å². The second-order valence-electron chi connectivity index (χ2n) is 9.24. The number of pyridine rings is 1. The molecule has 1 N–H and O–H groups in total. The lowest BCUT2D eigenvalue weighted by atomic mass is 9.96. The van der Waals surface area contributed by atoms with E-state index in [2.05, 4.69) is 14.9 Å². The molecule has 1 unspecified atom stereocenters. The van der Waals surface area contributed by atoms with Crippen molar-refractivity contribution in [3.63, 3.8) is 0 Å². The monoisotopic (exact) mass is 519 g/mol. The third-order valence-corrected chi connectivity index (χ3v) is 7.04. The molecule has 5 rings (SSSR count). The highest BCUT2D eigenvalue weighted by molar-refractivity contribution is 6.32. The Morgan fingerprint density at radius 2 is 1.89 bits per heavy atom. The second-order valence-corrected chi connectivity index (χ2v) is 9.64. The summed E-state index contributed by atoms with van der Waals surface area (Å²) in [5.74, 6) is 0.585. The van der Waals surface area contributed by atoms with Crippen molar-refractivity contribution in [3.8, 4) is 33.7 Å². The first kappa shape index (κ1) is 24.8. The van der Waals surface area contributed by atoms with Crippen molar-refractivity contribution in [2.24, 2.45) is 18.0 Å². The van der Waals surface area contributed by atoms with Crippen LogP contribution in [0.1, 0.15) is 12.8 Å². The Balaban J connectivity index is 1.51. The number of piperidine rings is 1. The normalized spacial score (nSPS) is 16.0. The van der Waals surface area contributed by atoms with Crippen molar-refractivity contribution in [3.05, 3.63) is 82.4 Å². The van der Waals surface area contributed by atoms with E-state index < -0.39 is 5.82 Å². The van der Waals surface area contributed by atoms with Crippen LogP contribution in [0.2, 0.25) is 5.02 Å². The van der Waals surface area contributed by atoms with Crippen molar-refractivity contribution >= 4 is 23.6 Å². The summed E-state index contributed by atoms with van der Waals surface area (Å²) in [6, 6.07) is 11.2. The van der Waals surface area contributed by atoms with Gasteiger partial charge >= 0.3 is 5.69 Å². The number of halogens is 2. The fraction of sp³-hybridized carbons (Fsp3) is 0.250. The molecule has 37 heavy (non-hydrogen) atoms. The topological polar surface area (TPSA) is 75.7 Å². The minimum Gasteiger partial charge on any atom is -0.507 e. The zero-order valence-corrected chi connectivity index (χ0v) is 21.4. The van der Waals surface area contributed by atoms with E-state index in [1.54, 1.807) is 57.0 Å². The van der Waals surface area contributed by atoms with Crippen molar-refractivity contribution < 1.29 is 9.50 Å². The van der Waals surface area contributed by atoms with Gasteiger partial charge < -0.3 is 19.6 Å². The molecule has 0 aliphatic carbocycles. The summed E-state index contributed by atoms with van der Waals surface area (Å²) < 4.78 is 17.7. The van der Waals surface area contributed by atoms with Crippen LogP contribution in [0, 0.1) is 11.7 Å². The lowest BCUT2D eigenvalue weighted by molar-refractivity contribution is 0.477. The summed E-state index contributed by atoms with van der Waals surface area (Å²) in [7, 11) is 3.44. The van der Waals surface area contributed by atoms with Crippen LogP contribution in [0.25, 0.3) is 27.9 Å². The number of benzene rings is 2. The van der Waals surface area contributed by atoms with E-state index in [1.165, 1.54) is 21.3 Å². The maximum Gasteiger partial charge on any atom is 0.332 e. The van der Waals surface area contributed by atoms with Gasteiger partial charge in [0.15, 0.2) is 0 Å². The molecule has 3 heterocycles. The van der Waals surface area contributed by atoms with Gasteiger partial charge in [0.2, 0.25) is 0 Å². The SMILES string of the molecule is CN=CC1CCCN(c2cc(-c3cc(F)cc(-c4ccc(-n5ccn(C)c5=O)c(Cl)c4)c3O)ccn2)C1. The Bertz CT molecular complexity index is 1540. The first-order valence-electron chi connectivity index (χ1n) is 12.1. The highest BCUT2D eigenvalue weighted by Gasteiger charge is 2.21. The number of nitrogens with zero attached hydrogens (tertiary/aromatic N) is 5. The van der Waals surface area contributed by atoms with Crippen LogP contribution in [0.3, 0.4) is 0 Å². The van der Waals surface area contributed by atoms with Crippen LogP contribution in [0.15, 0.2) is 70.8 Å². The molecule has 0 saturated carbocycles. The number of rotatable bonds is 5. The Labute approximate surface area is 219 Å². The molecule has 0 spiro atoms. The van der Waals surface area contributed by atoms with Gasteiger partial charge in [0.1, 0.15) is 17.4 Å². The molecule has 2 aromatic heterocycles. The number of phenolic OH excluding ortho intramolecular Hbond substituents is 1. The van der Waals surface area contributed by atoms with E-state index in [4.69, 9.17) is 11.6 Å². The van der Waals surface area contributed by atoms with Crippen molar-refractivity contribution in [1.29, 1.82) is 0 Å². The first-order valence-corrected chi connectivity index (χ1v) is 12.4. The Kier molecular flexibility index (Phi) is 6.84. The van der Waals surface area contributed by atoms with E-state index >= 15 is 0 Å². The van der Waals surface area contributed by atoms with Crippen LogP contribution in [-0.4, -0.2) is 45.6 Å². The van der Waals surface area contributed by atoms with Crippen LogP contribution in [-0.2, 0) is 7.05 Å². The lowest BCUT2D eigenvalue weighted by Crippen LogP contribution is -2.36. The molecule has 0 amide bonds. The van der Waals surface area contributed by atoms with Crippen LogP contribution < -0.4 is 10.6 Å². The summed E-state index contributed by atoms with van der Waals surface area (Å²) in [5, 5.41) is 11.5. The van der Waals surface area contributed by atoms with Crippen LogP contribution in [0.5, 0.6) is 5.75 Å². The highest BCUT2D eigenvalue weighted by Crippen LogP contribution is 2.41. The molecule has 0 bridgehead atoms. The minimum atomic E-state index is -0.488. The predicted octanol–water partition coefficient (Wildman–Crippen LogP) is 5.32. The summed E-state index contributed by atoms with van der Waals surface area (Å²) in [4.78, 5) is 23.2. The van der Waals surface area contributed by atoms with Crippen molar-refractivity contribution in [2.45, 2.75) is 12.8 Å². The molecular weight excluding hydrogens is 493 g/mol. The van der Waals surface area contributed by atoms with E-state index in [1.807, 2.05) is 12.3 Å². The third-order valence-electron chi connectivity index (χ3n) is 6.74. The van der Waals surface area contributed by atoms with Crippen LogP contribution in [0.4, 0.5) is 10.2 Å². The molecular formula is C28H27ClFN5O2. The van der Waals surface area contributed by atoms with Gasteiger partial charge in [-0.25, -0.2) is 14.2 Å². The number of hydrogen-bond donors (Lipinski definition) is 1. The summed E-state index contributed by atoms with van der Waals surface area (Å²) in [6.07, 6.45) is 9.04. The van der Waals surface area contributed by atoms with Gasteiger partial charge in [0.25, 0.3) is 0 Å². The molecule has 7 nitrogen and oxygen atoms in total. The zero-order valence-electron chi connectivity index (χ0n) is 20.6. The van der Waals surface area contributed by atoms with Gasteiger partial charge in [-0.05, 0) is 60.4 Å². The van der Waals surface area contributed by atoms with E-state index in [0.717, 1.165) is 31.7 Å². The molecule has 1 saturated heterocycles. The molecule has 2 aromatic carbocycles. The maximum absolute atomic E-state index is 14.8. The Morgan fingerprint density at radius 1 is 1.14 bits per heavy atom. The zero-order chi connectivity index (χ0) is 26.1. The molecule has 1 aliphatic rings. The van der Waals surface area contributed by atoms with Crippen molar-refractivity contribution in [1.82, 2.24) is 14.1 Å². The lowest BCUT2D eigenvalue weighted by Gasteiger charge is -2.32. The quantitative estimate of drug-likeness (QED) is 0.362. The third kappa shape index (κ3) is 4.89. The Hall–Kier alpha value is -3.91. The molecule has 4 aromatic rings. The average Bonchev–Trinajstić information content (AvgIpc) is 3.23. The van der Waals surface area contributed by atoms with Gasteiger partial charge in [0.05, 0.1) is 10.7 Å². The highest BCUT2D eigenvalue weighted by atomic mass is 35.5. The summed E-state index contributed by atoms with van der Waals surface area (Å²) in [6.45, 7) is 1.68.